The highest BCUT2D eigenvalue weighted by Gasteiger charge is 2.14. The molecule has 0 aliphatic heterocycles. The third-order valence-corrected chi connectivity index (χ3v) is 2.76. The Labute approximate surface area is 123 Å². The van der Waals surface area contributed by atoms with Crippen LogP contribution in [0.1, 0.15) is 33.8 Å². The number of carbonyl (C=O) groups is 1. The molecule has 0 spiro atoms. The third-order valence-electron chi connectivity index (χ3n) is 2.76. The molecule has 21 heavy (non-hydrogen) atoms. The minimum Gasteiger partial charge on any atom is -0.438 e. The fraction of sp³-hybridized carbons (Fsp3) is 0.250. The average Bonchev–Trinajstić information content (AvgIpc) is 2.85. The molecule has 0 aliphatic rings. The van der Waals surface area contributed by atoms with Gasteiger partial charge in [0.1, 0.15) is 0 Å². The normalized spacial score (nSPS) is 9.86. The Morgan fingerprint density at radius 1 is 1.38 bits per heavy atom. The number of aliphatic hydroxyl groups excluding tert-OH is 1. The van der Waals surface area contributed by atoms with Gasteiger partial charge in [0.2, 0.25) is 5.76 Å². The summed E-state index contributed by atoms with van der Waals surface area (Å²) in [5.41, 5.74) is 2.95. The van der Waals surface area contributed by atoms with Crippen molar-refractivity contribution in [3.8, 4) is 11.8 Å². The summed E-state index contributed by atoms with van der Waals surface area (Å²) in [5, 5.41) is 11.5. The van der Waals surface area contributed by atoms with E-state index in [1.807, 2.05) is 19.1 Å². The van der Waals surface area contributed by atoms with Crippen LogP contribution in [0.4, 0.5) is 5.69 Å². The molecule has 1 amide bonds. The van der Waals surface area contributed by atoms with Crippen molar-refractivity contribution in [2.75, 3.05) is 11.9 Å². The van der Waals surface area contributed by atoms with Crippen molar-refractivity contribution in [3.05, 3.63) is 47.2 Å². The van der Waals surface area contributed by atoms with E-state index in [1.54, 1.807) is 13.0 Å². The quantitative estimate of drug-likeness (QED) is 0.848. The molecule has 1 heterocycles. The number of nitrogens with zero attached hydrogens (tertiary/aromatic N) is 1. The van der Waals surface area contributed by atoms with Gasteiger partial charge in [-0.25, -0.2) is 4.98 Å². The van der Waals surface area contributed by atoms with Gasteiger partial charge in [-0.2, -0.15) is 0 Å². The summed E-state index contributed by atoms with van der Waals surface area (Å²) < 4.78 is 5.06. The Kier molecular flexibility index (Phi) is 4.75. The van der Waals surface area contributed by atoms with Crippen LogP contribution in [0.25, 0.3) is 0 Å². The van der Waals surface area contributed by atoms with Gasteiger partial charge >= 0.3 is 0 Å². The molecule has 2 aromatic rings. The number of nitrogens with one attached hydrogen (secondary N) is 1. The summed E-state index contributed by atoms with van der Waals surface area (Å²) in [6.45, 7) is 3.67. The summed E-state index contributed by atoms with van der Waals surface area (Å²) >= 11 is 0. The molecule has 0 saturated carbocycles. The first-order valence-corrected chi connectivity index (χ1v) is 6.53. The third kappa shape index (κ3) is 3.94. The number of anilines is 1. The second kappa shape index (κ2) is 6.73. The first-order chi connectivity index (χ1) is 10.1. The molecule has 0 aliphatic carbocycles. The Morgan fingerprint density at radius 3 is 2.86 bits per heavy atom. The van der Waals surface area contributed by atoms with E-state index in [9.17, 15) is 4.79 Å². The predicted molar refractivity (Wildman–Crippen MR) is 79.0 cm³/mol. The van der Waals surface area contributed by atoms with Crippen LogP contribution in [0.3, 0.4) is 0 Å². The van der Waals surface area contributed by atoms with Gasteiger partial charge in [0, 0.05) is 17.7 Å². The lowest BCUT2D eigenvalue weighted by Gasteiger charge is -2.06. The van der Waals surface area contributed by atoms with Gasteiger partial charge in [-0.3, -0.25) is 4.79 Å². The van der Waals surface area contributed by atoms with Crippen LogP contribution in [-0.2, 0) is 0 Å². The van der Waals surface area contributed by atoms with E-state index in [-0.39, 0.29) is 18.3 Å². The molecule has 0 fully saturated rings. The summed E-state index contributed by atoms with van der Waals surface area (Å²) in [6, 6.07) is 5.54. The maximum atomic E-state index is 12.1. The van der Waals surface area contributed by atoms with Crippen LogP contribution in [-0.4, -0.2) is 22.6 Å². The van der Waals surface area contributed by atoms with Gasteiger partial charge in [-0.15, -0.1) is 0 Å². The molecule has 108 valence electrons. The summed E-state index contributed by atoms with van der Waals surface area (Å²) in [7, 11) is 0. The second-order valence-corrected chi connectivity index (χ2v) is 4.58. The summed E-state index contributed by atoms with van der Waals surface area (Å²) in [4.78, 5) is 16.0. The fourth-order valence-corrected chi connectivity index (χ4v) is 1.86. The lowest BCUT2D eigenvalue weighted by molar-refractivity contribution is 0.0996. The molecule has 0 bridgehead atoms. The maximum Gasteiger partial charge on any atom is 0.293 e. The van der Waals surface area contributed by atoms with E-state index in [0.717, 1.165) is 11.1 Å². The number of carbonyl (C=O) groups excluding carboxylic acids is 1. The summed E-state index contributed by atoms with van der Waals surface area (Å²) in [6.07, 6.45) is 1.67. The van der Waals surface area contributed by atoms with Gasteiger partial charge in [-0.05, 0) is 37.6 Å². The largest absolute Gasteiger partial charge is 0.438 e. The second-order valence-electron chi connectivity index (χ2n) is 4.58. The number of hydrogen-bond donors (Lipinski definition) is 2. The number of oxazole rings is 1. The molecule has 5 nitrogen and oxygen atoms in total. The zero-order chi connectivity index (χ0) is 15.2. The van der Waals surface area contributed by atoms with E-state index in [0.29, 0.717) is 17.8 Å². The number of aliphatic hydroxyl groups is 1. The lowest BCUT2D eigenvalue weighted by Crippen LogP contribution is -2.12. The van der Waals surface area contributed by atoms with E-state index in [4.69, 9.17) is 9.52 Å². The van der Waals surface area contributed by atoms with Gasteiger partial charge in [0.15, 0.2) is 6.39 Å². The van der Waals surface area contributed by atoms with Crippen LogP contribution >= 0.6 is 0 Å². The zero-order valence-electron chi connectivity index (χ0n) is 11.9. The van der Waals surface area contributed by atoms with E-state index in [2.05, 4.69) is 22.1 Å². The summed E-state index contributed by atoms with van der Waals surface area (Å²) in [5.74, 6) is 5.66. The number of rotatable bonds is 3. The molecule has 5 heteroatoms. The topological polar surface area (TPSA) is 75.4 Å². The molecule has 0 saturated heterocycles. The van der Waals surface area contributed by atoms with Crippen molar-refractivity contribution in [2.24, 2.45) is 0 Å². The van der Waals surface area contributed by atoms with Crippen LogP contribution < -0.4 is 5.32 Å². The lowest BCUT2D eigenvalue weighted by atomic mass is 10.1. The van der Waals surface area contributed by atoms with Gasteiger partial charge < -0.3 is 14.8 Å². The fourth-order valence-electron chi connectivity index (χ4n) is 1.86. The number of hydrogen-bond acceptors (Lipinski definition) is 4. The zero-order valence-corrected chi connectivity index (χ0v) is 11.9. The van der Waals surface area contributed by atoms with Crippen molar-refractivity contribution in [2.45, 2.75) is 20.3 Å². The molecule has 2 N–H and O–H groups in total. The highest BCUT2D eigenvalue weighted by atomic mass is 16.3. The first-order valence-electron chi connectivity index (χ1n) is 6.53. The molecule has 2 rings (SSSR count). The molecule has 0 atom stereocenters. The first kappa shape index (κ1) is 14.8. The Balaban J connectivity index is 2.19. The maximum absolute atomic E-state index is 12.1. The minimum atomic E-state index is -0.343. The van der Waals surface area contributed by atoms with Crippen molar-refractivity contribution in [1.82, 2.24) is 4.98 Å². The van der Waals surface area contributed by atoms with E-state index < -0.39 is 0 Å². The molecular weight excluding hydrogens is 268 g/mol. The minimum absolute atomic E-state index is 0.0349. The van der Waals surface area contributed by atoms with Crippen molar-refractivity contribution in [1.29, 1.82) is 0 Å². The van der Waals surface area contributed by atoms with Gasteiger partial charge in [0.05, 0.1) is 12.3 Å². The smallest absolute Gasteiger partial charge is 0.293 e. The standard InChI is InChI=1S/C16H16N2O3/c1-11-7-13(5-3-4-6-19)9-14(8-11)18-16(20)15-12(2)17-10-21-15/h7-10,19H,4,6H2,1-2H3,(H,18,20). The monoisotopic (exact) mass is 284 g/mol. The van der Waals surface area contributed by atoms with Crippen LogP contribution in [0, 0.1) is 25.7 Å². The number of aromatic nitrogens is 1. The van der Waals surface area contributed by atoms with Gasteiger partial charge in [-0.1, -0.05) is 11.8 Å². The van der Waals surface area contributed by atoms with Crippen molar-refractivity contribution in [3.63, 3.8) is 0 Å². The Morgan fingerprint density at radius 2 is 2.19 bits per heavy atom. The molecule has 1 aromatic carbocycles. The molecular formula is C16H16N2O3. The molecule has 0 radical (unpaired) electrons. The van der Waals surface area contributed by atoms with Gasteiger partial charge in [0.25, 0.3) is 5.91 Å². The number of aryl methyl sites for hydroxylation is 2. The molecule has 0 unspecified atom stereocenters. The Hall–Kier alpha value is -2.58. The van der Waals surface area contributed by atoms with E-state index in [1.165, 1.54) is 6.39 Å². The number of amides is 1. The Bertz CT molecular complexity index is 708. The SMILES string of the molecule is Cc1cc(C#CCCO)cc(NC(=O)c2ocnc2C)c1. The van der Waals surface area contributed by atoms with Crippen molar-refractivity contribution < 1.29 is 14.3 Å². The predicted octanol–water partition coefficient (Wildman–Crippen LogP) is 2.28. The molecule has 1 aromatic heterocycles. The van der Waals surface area contributed by atoms with E-state index >= 15 is 0 Å². The van der Waals surface area contributed by atoms with Crippen molar-refractivity contribution >= 4 is 11.6 Å². The highest BCUT2D eigenvalue weighted by molar-refractivity contribution is 6.03. The van der Waals surface area contributed by atoms with Crippen LogP contribution in [0.5, 0.6) is 0 Å². The highest BCUT2D eigenvalue weighted by Crippen LogP contribution is 2.16. The van der Waals surface area contributed by atoms with Crippen LogP contribution in [0.2, 0.25) is 0 Å². The van der Waals surface area contributed by atoms with Crippen LogP contribution in [0.15, 0.2) is 29.0 Å². The average molecular weight is 284 g/mol. The number of benzene rings is 1.